The predicted octanol–water partition coefficient (Wildman–Crippen LogP) is 3.10. The van der Waals surface area contributed by atoms with Gasteiger partial charge in [-0.3, -0.25) is 4.79 Å². The Morgan fingerprint density at radius 1 is 1.35 bits per heavy atom. The third kappa shape index (κ3) is 3.69. The second kappa shape index (κ2) is 5.78. The molecule has 112 valence electrons. The number of halogens is 4. The van der Waals surface area contributed by atoms with Crippen molar-refractivity contribution in [1.82, 2.24) is 0 Å². The fourth-order valence-electron chi connectivity index (χ4n) is 1.73. The Labute approximate surface area is 113 Å². The molecule has 0 saturated carbocycles. The van der Waals surface area contributed by atoms with Crippen LogP contribution in [0.2, 0.25) is 0 Å². The molecule has 0 spiro atoms. The molecule has 0 aromatic heterocycles. The second-order valence-electron chi connectivity index (χ2n) is 4.92. The molecule has 1 unspecified atom stereocenters. The van der Waals surface area contributed by atoms with E-state index in [4.69, 9.17) is 0 Å². The first kappa shape index (κ1) is 16.4. The van der Waals surface area contributed by atoms with Crippen molar-refractivity contribution in [3.05, 3.63) is 30.1 Å². The third-order valence-electron chi connectivity index (χ3n) is 2.63. The van der Waals surface area contributed by atoms with Crippen molar-refractivity contribution in [1.29, 1.82) is 0 Å². The summed E-state index contributed by atoms with van der Waals surface area (Å²) in [5.74, 6) is -2.88. The number of anilines is 1. The zero-order valence-electron chi connectivity index (χ0n) is 11.0. The number of aliphatic hydroxyl groups is 1. The number of alkyl halides is 3. The molecule has 0 radical (unpaired) electrons. The molecular weight excluding hydrogens is 278 g/mol. The monoisotopic (exact) mass is 293 g/mol. The SMILES string of the molecule is CC(C)CC(O)(C(=O)Nc1cccc(F)c1)C(F)(F)F. The molecule has 0 bridgehead atoms. The molecule has 1 amide bonds. The number of rotatable bonds is 4. The van der Waals surface area contributed by atoms with E-state index in [1.54, 1.807) is 0 Å². The van der Waals surface area contributed by atoms with Gasteiger partial charge in [0.25, 0.3) is 5.91 Å². The molecule has 0 aliphatic rings. The number of benzene rings is 1. The highest BCUT2D eigenvalue weighted by molar-refractivity contribution is 5.97. The summed E-state index contributed by atoms with van der Waals surface area (Å²) < 4.78 is 51.7. The summed E-state index contributed by atoms with van der Waals surface area (Å²) >= 11 is 0. The van der Waals surface area contributed by atoms with Crippen LogP contribution >= 0.6 is 0 Å². The summed E-state index contributed by atoms with van der Waals surface area (Å²) in [7, 11) is 0. The van der Waals surface area contributed by atoms with Crippen molar-refractivity contribution in [3.8, 4) is 0 Å². The van der Waals surface area contributed by atoms with Crippen LogP contribution in [0.4, 0.5) is 23.2 Å². The Hall–Kier alpha value is -1.63. The van der Waals surface area contributed by atoms with E-state index >= 15 is 0 Å². The molecule has 0 aliphatic carbocycles. The molecule has 1 aromatic rings. The van der Waals surface area contributed by atoms with Crippen LogP contribution in [-0.2, 0) is 4.79 Å². The molecule has 0 saturated heterocycles. The highest BCUT2D eigenvalue weighted by Gasteiger charge is 2.59. The first-order valence-electron chi connectivity index (χ1n) is 5.92. The molecule has 1 rings (SSSR count). The molecule has 7 heteroatoms. The molecule has 3 nitrogen and oxygen atoms in total. The lowest BCUT2D eigenvalue weighted by Gasteiger charge is -2.30. The molecule has 0 fully saturated rings. The van der Waals surface area contributed by atoms with Gasteiger partial charge in [-0.25, -0.2) is 4.39 Å². The maximum Gasteiger partial charge on any atom is 0.426 e. The highest BCUT2D eigenvalue weighted by atomic mass is 19.4. The van der Waals surface area contributed by atoms with Gasteiger partial charge >= 0.3 is 6.18 Å². The number of carbonyl (C=O) groups is 1. The van der Waals surface area contributed by atoms with Gasteiger partial charge in [0, 0.05) is 5.69 Å². The van der Waals surface area contributed by atoms with E-state index in [2.05, 4.69) is 0 Å². The molecule has 0 heterocycles. The van der Waals surface area contributed by atoms with Gasteiger partial charge in [-0.05, 0) is 30.5 Å². The van der Waals surface area contributed by atoms with Gasteiger partial charge in [-0.1, -0.05) is 19.9 Å². The van der Waals surface area contributed by atoms with Crippen molar-refractivity contribution in [2.24, 2.45) is 5.92 Å². The molecule has 1 aromatic carbocycles. The quantitative estimate of drug-likeness (QED) is 0.838. The average Bonchev–Trinajstić information content (AvgIpc) is 2.26. The first-order chi connectivity index (χ1) is 9.06. The number of hydrogen-bond donors (Lipinski definition) is 2. The summed E-state index contributed by atoms with van der Waals surface area (Å²) in [5, 5.41) is 11.6. The topological polar surface area (TPSA) is 49.3 Å². The number of nitrogens with one attached hydrogen (secondary N) is 1. The maximum absolute atomic E-state index is 12.9. The second-order valence-corrected chi connectivity index (χ2v) is 4.92. The number of carbonyl (C=O) groups excluding carboxylic acids is 1. The third-order valence-corrected chi connectivity index (χ3v) is 2.63. The van der Waals surface area contributed by atoms with E-state index in [-0.39, 0.29) is 5.69 Å². The minimum absolute atomic E-state index is 0.151. The maximum atomic E-state index is 12.9. The van der Waals surface area contributed by atoms with Gasteiger partial charge in [-0.2, -0.15) is 13.2 Å². The lowest BCUT2D eigenvalue weighted by Crippen LogP contribution is -2.55. The largest absolute Gasteiger partial charge is 0.426 e. The van der Waals surface area contributed by atoms with E-state index in [0.29, 0.717) is 0 Å². The minimum atomic E-state index is -5.12. The average molecular weight is 293 g/mol. The lowest BCUT2D eigenvalue weighted by atomic mass is 9.90. The summed E-state index contributed by atoms with van der Waals surface area (Å²) in [6.45, 7) is 2.90. The van der Waals surface area contributed by atoms with E-state index in [0.717, 1.165) is 12.1 Å². The standard InChI is InChI=1S/C13H15F4NO2/c1-8(2)7-12(20,13(15,16)17)11(19)18-10-5-3-4-9(14)6-10/h3-6,8,20H,7H2,1-2H3,(H,18,19). The fourth-order valence-corrected chi connectivity index (χ4v) is 1.73. The van der Waals surface area contributed by atoms with Crippen molar-refractivity contribution >= 4 is 11.6 Å². The van der Waals surface area contributed by atoms with Gasteiger partial charge in [0.15, 0.2) is 0 Å². The smallest absolute Gasteiger partial charge is 0.373 e. The summed E-state index contributed by atoms with van der Waals surface area (Å²) in [6, 6.07) is 4.41. The van der Waals surface area contributed by atoms with Gasteiger partial charge in [0.1, 0.15) is 5.82 Å². The van der Waals surface area contributed by atoms with E-state index in [9.17, 15) is 27.5 Å². The van der Waals surface area contributed by atoms with Crippen molar-refractivity contribution in [2.75, 3.05) is 5.32 Å². The number of hydrogen-bond acceptors (Lipinski definition) is 2. The van der Waals surface area contributed by atoms with Crippen molar-refractivity contribution in [3.63, 3.8) is 0 Å². The number of amides is 1. The summed E-state index contributed by atoms with van der Waals surface area (Å²) in [4.78, 5) is 11.7. The highest BCUT2D eigenvalue weighted by Crippen LogP contribution is 2.36. The van der Waals surface area contributed by atoms with Crippen molar-refractivity contribution < 1.29 is 27.5 Å². The van der Waals surface area contributed by atoms with E-state index < -0.39 is 35.8 Å². The fraction of sp³-hybridized carbons (Fsp3) is 0.462. The molecule has 1 atom stereocenters. The predicted molar refractivity (Wildman–Crippen MR) is 65.5 cm³/mol. The molecule has 20 heavy (non-hydrogen) atoms. The molecular formula is C13H15F4NO2. The first-order valence-corrected chi connectivity index (χ1v) is 5.92. The van der Waals surface area contributed by atoms with Crippen LogP contribution in [0.15, 0.2) is 24.3 Å². The van der Waals surface area contributed by atoms with E-state index in [1.807, 2.05) is 5.32 Å². The Kier molecular flexibility index (Phi) is 4.75. The van der Waals surface area contributed by atoms with Crippen LogP contribution in [0, 0.1) is 11.7 Å². The van der Waals surface area contributed by atoms with Gasteiger partial charge < -0.3 is 10.4 Å². The Bertz CT molecular complexity index is 488. The normalized spacial score (nSPS) is 15.0. The van der Waals surface area contributed by atoms with Crippen LogP contribution < -0.4 is 5.32 Å². The Balaban J connectivity index is 3.00. The van der Waals surface area contributed by atoms with Crippen LogP contribution in [0.25, 0.3) is 0 Å². The van der Waals surface area contributed by atoms with Crippen LogP contribution in [0.5, 0.6) is 0 Å². The lowest BCUT2D eigenvalue weighted by molar-refractivity contribution is -0.253. The van der Waals surface area contributed by atoms with Gasteiger partial charge in [0.2, 0.25) is 5.60 Å². The van der Waals surface area contributed by atoms with Crippen LogP contribution in [0.3, 0.4) is 0 Å². The summed E-state index contributed by atoms with van der Waals surface area (Å²) in [6.07, 6.45) is -5.90. The van der Waals surface area contributed by atoms with Gasteiger partial charge in [-0.15, -0.1) is 0 Å². The van der Waals surface area contributed by atoms with Crippen molar-refractivity contribution in [2.45, 2.75) is 32.0 Å². The van der Waals surface area contributed by atoms with Crippen LogP contribution in [-0.4, -0.2) is 22.8 Å². The molecule has 2 N–H and O–H groups in total. The minimum Gasteiger partial charge on any atom is -0.373 e. The zero-order chi connectivity index (χ0) is 15.6. The summed E-state index contributed by atoms with van der Waals surface area (Å²) in [5.41, 5.74) is -3.66. The zero-order valence-corrected chi connectivity index (χ0v) is 11.0. The molecule has 0 aliphatic heterocycles. The Morgan fingerprint density at radius 2 is 1.95 bits per heavy atom. The van der Waals surface area contributed by atoms with E-state index in [1.165, 1.54) is 26.0 Å². The van der Waals surface area contributed by atoms with Gasteiger partial charge in [0.05, 0.1) is 0 Å². The Morgan fingerprint density at radius 3 is 2.40 bits per heavy atom. The van der Waals surface area contributed by atoms with Crippen LogP contribution in [0.1, 0.15) is 20.3 Å².